The zero-order chi connectivity index (χ0) is 14.5. The summed E-state index contributed by atoms with van der Waals surface area (Å²) in [6.45, 7) is 0.406. The van der Waals surface area contributed by atoms with E-state index in [1.54, 1.807) is 25.3 Å². The Bertz CT molecular complexity index is 631. The minimum absolute atomic E-state index is 0.324. The van der Waals surface area contributed by atoms with Gasteiger partial charge in [-0.25, -0.2) is 0 Å². The molecule has 5 heteroatoms. The van der Waals surface area contributed by atoms with Gasteiger partial charge in [-0.15, -0.1) is 0 Å². The molecule has 0 spiro atoms. The molecular weight excluding hydrogens is 294 g/mol. The molecule has 0 aliphatic carbocycles. The number of hydrogen-bond donors (Lipinski definition) is 1. The summed E-state index contributed by atoms with van der Waals surface area (Å²) < 4.78 is 11.0. The second-order valence-electron chi connectivity index (χ2n) is 4.15. The van der Waals surface area contributed by atoms with Crippen molar-refractivity contribution in [2.45, 2.75) is 6.61 Å². The Labute approximate surface area is 128 Å². The van der Waals surface area contributed by atoms with Crippen LogP contribution in [-0.2, 0) is 6.61 Å². The lowest BCUT2D eigenvalue weighted by molar-refractivity contribution is 0.284. The van der Waals surface area contributed by atoms with Gasteiger partial charge in [0.2, 0.25) is 0 Å². The van der Waals surface area contributed by atoms with Crippen LogP contribution < -0.4 is 15.2 Å². The number of nitrogens with two attached hydrogens (primary N) is 1. The maximum atomic E-state index is 5.93. The van der Waals surface area contributed by atoms with Gasteiger partial charge in [0.1, 0.15) is 11.6 Å². The van der Waals surface area contributed by atoms with Crippen LogP contribution in [0.5, 0.6) is 11.5 Å². The van der Waals surface area contributed by atoms with Crippen molar-refractivity contribution in [1.29, 1.82) is 0 Å². The highest BCUT2D eigenvalue weighted by atomic mass is 35.5. The Balaban J connectivity index is 2.15. The number of rotatable bonds is 5. The standard InChI is InChI=1S/C15H14ClNO2S/c1-18-14-8-11(15(17)20)5-6-13(14)19-9-10-3-2-4-12(16)7-10/h2-8H,9H2,1H3,(H2,17,20). The van der Waals surface area contributed by atoms with Crippen LogP contribution in [0.1, 0.15) is 11.1 Å². The highest BCUT2D eigenvalue weighted by Gasteiger charge is 2.07. The van der Waals surface area contributed by atoms with Crippen LogP contribution in [0.2, 0.25) is 5.02 Å². The summed E-state index contributed by atoms with van der Waals surface area (Å²) >= 11 is 10.9. The fraction of sp³-hybridized carbons (Fsp3) is 0.133. The normalized spacial score (nSPS) is 10.1. The number of halogens is 1. The SMILES string of the molecule is COc1cc(C(N)=S)ccc1OCc1cccc(Cl)c1. The highest BCUT2D eigenvalue weighted by molar-refractivity contribution is 7.80. The smallest absolute Gasteiger partial charge is 0.161 e. The first-order valence-electron chi connectivity index (χ1n) is 5.95. The molecule has 2 aromatic rings. The molecule has 3 nitrogen and oxygen atoms in total. The van der Waals surface area contributed by atoms with E-state index >= 15 is 0 Å². The van der Waals surface area contributed by atoms with Gasteiger partial charge < -0.3 is 15.2 Å². The summed E-state index contributed by atoms with van der Waals surface area (Å²) in [5, 5.41) is 0.682. The van der Waals surface area contributed by atoms with E-state index in [4.69, 9.17) is 39.0 Å². The second-order valence-corrected chi connectivity index (χ2v) is 5.02. The molecule has 2 aromatic carbocycles. The Morgan fingerprint density at radius 1 is 1.20 bits per heavy atom. The third kappa shape index (κ3) is 3.62. The third-order valence-corrected chi connectivity index (χ3v) is 3.20. The maximum absolute atomic E-state index is 5.93. The fourth-order valence-electron chi connectivity index (χ4n) is 1.73. The van der Waals surface area contributed by atoms with Crippen LogP contribution in [0.4, 0.5) is 0 Å². The molecule has 0 radical (unpaired) electrons. The molecule has 2 rings (SSSR count). The molecule has 0 aromatic heterocycles. The van der Waals surface area contributed by atoms with Crippen molar-refractivity contribution in [3.05, 3.63) is 58.6 Å². The highest BCUT2D eigenvalue weighted by Crippen LogP contribution is 2.29. The van der Waals surface area contributed by atoms with Crippen LogP contribution in [0.25, 0.3) is 0 Å². The van der Waals surface area contributed by atoms with E-state index in [1.807, 2.05) is 24.3 Å². The summed E-state index contributed by atoms with van der Waals surface area (Å²) in [6, 6.07) is 12.9. The quantitative estimate of drug-likeness (QED) is 0.858. The summed E-state index contributed by atoms with van der Waals surface area (Å²) in [5.74, 6) is 1.23. The Morgan fingerprint density at radius 3 is 2.65 bits per heavy atom. The molecule has 20 heavy (non-hydrogen) atoms. The van der Waals surface area contributed by atoms with Crippen LogP contribution in [-0.4, -0.2) is 12.1 Å². The monoisotopic (exact) mass is 307 g/mol. The third-order valence-electron chi connectivity index (χ3n) is 2.73. The van der Waals surface area contributed by atoms with Crippen molar-refractivity contribution in [3.8, 4) is 11.5 Å². The lowest BCUT2D eigenvalue weighted by atomic mass is 10.2. The second kappa shape index (κ2) is 6.59. The number of methoxy groups -OCH3 is 1. The molecule has 0 fully saturated rings. The van der Waals surface area contributed by atoms with Crippen molar-refractivity contribution >= 4 is 28.8 Å². The molecule has 2 N–H and O–H groups in total. The van der Waals surface area contributed by atoms with Crippen molar-refractivity contribution in [1.82, 2.24) is 0 Å². The molecule has 104 valence electrons. The zero-order valence-electron chi connectivity index (χ0n) is 10.9. The van der Waals surface area contributed by atoms with Crippen molar-refractivity contribution in [3.63, 3.8) is 0 Å². The minimum atomic E-state index is 0.324. The topological polar surface area (TPSA) is 44.5 Å². The van der Waals surface area contributed by atoms with E-state index in [0.29, 0.717) is 28.1 Å². The summed E-state index contributed by atoms with van der Waals surface area (Å²) in [4.78, 5) is 0.324. The lowest BCUT2D eigenvalue weighted by Gasteiger charge is -2.12. The van der Waals surface area contributed by atoms with Gasteiger partial charge in [-0.05, 0) is 35.9 Å². The molecule has 0 unspecified atom stereocenters. The maximum Gasteiger partial charge on any atom is 0.161 e. The van der Waals surface area contributed by atoms with Crippen molar-refractivity contribution in [2.75, 3.05) is 7.11 Å². The number of benzene rings is 2. The first kappa shape index (κ1) is 14.6. The van der Waals surface area contributed by atoms with E-state index in [9.17, 15) is 0 Å². The van der Waals surface area contributed by atoms with E-state index in [0.717, 1.165) is 11.1 Å². The number of thiocarbonyl (C=S) groups is 1. The van der Waals surface area contributed by atoms with Gasteiger partial charge in [-0.3, -0.25) is 0 Å². The Hall–Kier alpha value is -1.78. The first-order valence-corrected chi connectivity index (χ1v) is 6.74. The van der Waals surface area contributed by atoms with Gasteiger partial charge >= 0.3 is 0 Å². The predicted molar refractivity (Wildman–Crippen MR) is 84.7 cm³/mol. The van der Waals surface area contributed by atoms with Gasteiger partial charge in [0, 0.05) is 10.6 Å². The molecule has 0 saturated carbocycles. The van der Waals surface area contributed by atoms with Crippen LogP contribution in [0.3, 0.4) is 0 Å². The van der Waals surface area contributed by atoms with Crippen molar-refractivity contribution in [2.24, 2.45) is 5.73 Å². The molecule has 0 amide bonds. The van der Waals surface area contributed by atoms with Crippen molar-refractivity contribution < 1.29 is 9.47 Å². The largest absolute Gasteiger partial charge is 0.493 e. The average Bonchev–Trinajstić information content (AvgIpc) is 2.45. The average molecular weight is 308 g/mol. The van der Waals surface area contributed by atoms with Gasteiger partial charge in [-0.2, -0.15) is 0 Å². The predicted octanol–water partition coefficient (Wildman–Crippen LogP) is 3.56. The fourth-order valence-corrected chi connectivity index (χ4v) is 2.07. The van der Waals surface area contributed by atoms with Crippen LogP contribution in [0.15, 0.2) is 42.5 Å². The summed E-state index contributed by atoms with van der Waals surface area (Å²) in [6.07, 6.45) is 0. The molecule has 0 bridgehead atoms. The van der Waals surface area contributed by atoms with Gasteiger partial charge in [-0.1, -0.05) is 36.0 Å². The number of hydrogen-bond acceptors (Lipinski definition) is 3. The van der Waals surface area contributed by atoms with E-state index < -0.39 is 0 Å². The molecular formula is C15H14ClNO2S. The van der Waals surface area contributed by atoms with Gasteiger partial charge in [0.25, 0.3) is 0 Å². The van der Waals surface area contributed by atoms with Crippen LogP contribution >= 0.6 is 23.8 Å². The minimum Gasteiger partial charge on any atom is -0.493 e. The molecule has 0 aliphatic rings. The van der Waals surface area contributed by atoms with E-state index in [-0.39, 0.29) is 0 Å². The van der Waals surface area contributed by atoms with Gasteiger partial charge in [0.05, 0.1) is 7.11 Å². The molecule has 0 atom stereocenters. The molecule has 0 heterocycles. The zero-order valence-corrected chi connectivity index (χ0v) is 12.5. The first-order chi connectivity index (χ1) is 9.60. The van der Waals surface area contributed by atoms with E-state index in [2.05, 4.69) is 0 Å². The van der Waals surface area contributed by atoms with Crippen LogP contribution in [0, 0.1) is 0 Å². The van der Waals surface area contributed by atoms with Gasteiger partial charge in [0.15, 0.2) is 11.5 Å². The summed E-state index contributed by atoms with van der Waals surface area (Å²) in [7, 11) is 1.57. The molecule has 0 saturated heterocycles. The molecule has 0 aliphatic heterocycles. The Kier molecular flexibility index (Phi) is 4.82. The lowest BCUT2D eigenvalue weighted by Crippen LogP contribution is -2.09. The Morgan fingerprint density at radius 2 is 2.00 bits per heavy atom. The van der Waals surface area contributed by atoms with E-state index in [1.165, 1.54) is 0 Å². The number of ether oxygens (including phenoxy) is 2. The summed E-state index contributed by atoms with van der Waals surface area (Å²) in [5.41, 5.74) is 7.32.